The number of alkyl halides is 1. The number of carbonyl (C=O) groups is 1. The number of nitrogens with two attached hydrogens (primary N) is 1. The lowest BCUT2D eigenvalue weighted by atomic mass is 9.80. The number of rotatable bonds is 14. The molecule has 18 heteroatoms. The molecule has 1 aliphatic rings. The van der Waals surface area contributed by atoms with Gasteiger partial charge in [0.1, 0.15) is 23.2 Å². The Morgan fingerprint density at radius 1 is 1.02 bits per heavy atom. The third-order valence-electron chi connectivity index (χ3n) is 9.07. The van der Waals surface area contributed by atoms with Crippen molar-refractivity contribution in [2.24, 2.45) is 11.4 Å². The number of nitrogens with zero attached hydrogens (tertiary/aromatic N) is 3. The predicted octanol–water partition coefficient (Wildman–Crippen LogP) is 3.83. The van der Waals surface area contributed by atoms with Crippen molar-refractivity contribution in [2.45, 2.75) is 50.0 Å². The number of benzene rings is 3. The highest BCUT2D eigenvalue weighted by molar-refractivity contribution is 7.43. The molecular formula is C36H40FN6O10P. The van der Waals surface area contributed by atoms with Gasteiger partial charge in [-0.15, -0.1) is 0 Å². The standard InChI is InChI=1S/C36H40FN6O10P/c1-20(2)31(44)41-34-40-30-26(32(45)42-34)39-19-43(30)33-36(46,50-5)28(53-54(38)47)27(51-33)29(37)52-35(21-9-7-6-8-10-21,22-11-15-24(48-3)16-12-22)23-13-17-25(49-4)18-14-23/h6-20,27-29,33,46-47H,38H2,1-5H3,(H2,40,41,42,44,45)/t27-,28+,29?,33+,36-,54?/m0/s1. The van der Waals surface area contributed by atoms with Crippen molar-refractivity contribution in [1.82, 2.24) is 19.5 Å². The van der Waals surface area contributed by atoms with Gasteiger partial charge in [-0.05, 0) is 41.0 Å². The van der Waals surface area contributed by atoms with Crippen molar-refractivity contribution in [2.75, 3.05) is 26.6 Å². The molecule has 1 saturated heterocycles. The number of hydrogen-bond acceptors (Lipinski definition) is 13. The maximum absolute atomic E-state index is 17.5. The van der Waals surface area contributed by atoms with Gasteiger partial charge in [0, 0.05) is 13.0 Å². The zero-order chi connectivity index (χ0) is 38.8. The predicted molar refractivity (Wildman–Crippen MR) is 194 cm³/mol. The summed E-state index contributed by atoms with van der Waals surface area (Å²) in [6.45, 7) is 3.31. The van der Waals surface area contributed by atoms with E-state index in [9.17, 15) is 19.6 Å². The van der Waals surface area contributed by atoms with Gasteiger partial charge >= 0.3 is 0 Å². The van der Waals surface area contributed by atoms with E-state index < -0.39 is 62.1 Å². The molecule has 2 unspecified atom stereocenters. The van der Waals surface area contributed by atoms with Crippen LogP contribution in [0, 0.1) is 5.92 Å². The number of hydrogen-bond donors (Lipinski definition) is 5. The third-order valence-corrected chi connectivity index (χ3v) is 9.51. The van der Waals surface area contributed by atoms with Crippen LogP contribution in [0.1, 0.15) is 36.8 Å². The Hall–Kier alpha value is -4.84. The van der Waals surface area contributed by atoms with Crippen LogP contribution >= 0.6 is 8.53 Å². The second-order valence-corrected chi connectivity index (χ2v) is 13.4. The Morgan fingerprint density at radius 2 is 1.59 bits per heavy atom. The van der Waals surface area contributed by atoms with E-state index in [-0.39, 0.29) is 17.1 Å². The fourth-order valence-electron chi connectivity index (χ4n) is 6.31. The monoisotopic (exact) mass is 766 g/mol. The number of ether oxygens (including phenoxy) is 5. The second-order valence-electron chi connectivity index (χ2n) is 12.6. The number of anilines is 1. The summed E-state index contributed by atoms with van der Waals surface area (Å²) in [5.41, 5.74) is 4.42. The number of aromatic nitrogens is 4. The largest absolute Gasteiger partial charge is 0.497 e. The van der Waals surface area contributed by atoms with Crippen molar-refractivity contribution in [3.05, 3.63) is 112 Å². The first kappa shape index (κ1) is 38.9. The fourth-order valence-corrected chi connectivity index (χ4v) is 6.81. The van der Waals surface area contributed by atoms with Crippen molar-refractivity contribution in [3.8, 4) is 11.5 Å². The Balaban J connectivity index is 1.49. The first-order valence-corrected chi connectivity index (χ1v) is 17.9. The van der Waals surface area contributed by atoms with Gasteiger partial charge in [0.2, 0.25) is 24.0 Å². The topological polar surface area (TPSA) is 215 Å². The molecule has 0 bridgehead atoms. The van der Waals surface area contributed by atoms with Crippen molar-refractivity contribution in [3.63, 3.8) is 0 Å². The molecule has 0 saturated carbocycles. The zero-order valence-electron chi connectivity index (χ0n) is 29.9. The maximum Gasteiger partial charge on any atom is 0.280 e. The molecular weight excluding hydrogens is 726 g/mol. The normalized spacial score (nSPS) is 21.3. The Morgan fingerprint density at radius 3 is 2.11 bits per heavy atom. The molecule has 3 heterocycles. The first-order valence-electron chi connectivity index (χ1n) is 16.6. The minimum Gasteiger partial charge on any atom is -0.497 e. The van der Waals surface area contributed by atoms with Crippen LogP contribution in [0.3, 0.4) is 0 Å². The summed E-state index contributed by atoms with van der Waals surface area (Å²) in [6, 6.07) is 22.6. The number of aromatic amines is 1. The van der Waals surface area contributed by atoms with Gasteiger partial charge in [-0.2, -0.15) is 4.98 Å². The van der Waals surface area contributed by atoms with Gasteiger partial charge in [-0.1, -0.05) is 68.4 Å². The Bertz CT molecular complexity index is 2070. The molecule has 1 amide bonds. The molecule has 6 rings (SSSR count). The van der Waals surface area contributed by atoms with Crippen LogP contribution in [0.25, 0.3) is 11.2 Å². The minimum absolute atomic E-state index is 0.164. The number of halogens is 1. The smallest absolute Gasteiger partial charge is 0.280 e. The van der Waals surface area contributed by atoms with E-state index in [4.69, 9.17) is 33.7 Å². The van der Waals surface area contributed by atoms with Gasteiger partial charge in [0.05, 0.1) is 20.5 Å². The number of fused-ring (bicyclic) bond motifs is 1. The number of nitrogens with one attached hydrogen (secondary N) is 2. The number of imidazole rings is 1. The van der Waals surface area contributed by atoms with Crippen LogP contribution < -0.4 is 25.9 Å². The van der Waals surface area contributed by atoms with E-state index >= 15 is 4.39 Å². The first-order chi connectivity index (χ1) is 25.9. The highest BCUT2D eigenvalue weighted by atomic mass is 31.2. The highest BCUT2D eigenvalue weighted by Gasteiger charge is 2.63. The van der Waals surface area contributed by atoms with E-state index in [1.807, 2.05) is 0 Å². The number of carbonyl (C=O) groups excluding carboxylic acids is 1. The van der Waals surface area contributed by atoms with Gasteiger partial charge in [-0.3, -0.25) is 30.0 Å². The number of H-pyrrole nitrogens is 1. The van der Waals surface area contributed by atoms with Gasteiger partial charge in [0.15, 0.2) is 23.5 Å². The van der Waals surface area contributed by atoms with Crippen LogP contribution in [0.2, 0.25) is 0 Å². The average Bonchev–Trinajstić information content (AvgIpc) is 3.72. The second kappa shape index (κ2) is 15.9. The number of methoxy groups -OCH3 is 3. The highest BCUT2D eigenvalue weighted by Crippen LogP contribution is 2.49. The third kappa shape index (κ3) is 7.20. The molecule has 0 aliphatic carbocycles. The molecule has 1 aliphatic heterocycles. The van der Waals surface area contributed by atoms with Crippen LogP contribution in [0.5, 0.6) is 11.5 Å². The van der Waals surface area contributed by atoms with Crippen LogP contribution in [0.15, 0.2) is 90.0 Å². The number of aliphatic hydroxyl groups is 1. The lowest BCUT2D eigenvalue weighted by Gasteiger charge is -2.39. The van der Waals surface area contributed by atoms with E-state index in [1.54, 1.807) is 92.7 Å². The molecule has 5 aromatic rings. The Kier molecular flexibility index (Phi) is 11.4. The summed E-state index contributed by atoms with van der Waals surface area (Å²) < 4.78 is 53.3. The molecule has 54 heavy (non-hydrogen) atoms. The van der Waals surface area contributed by atoms with Crippen LogP contribution in [0.4, 0.5) is 10.3 Å². The summed E-state index contributed by atoms with van der Waals surface area (Å²) in [5.74, 6) is -2.62. The average molecular weight is 767 g/mol. The van der Waals surface area contributed by atoms with Crippen molar-refractivity contribution in [1.29, 1.82) is 0 Å². The zero-order valence-corrected chi connectivity index (χ0v) is 30.8. The Labute approximate surface area is 309 Å². The molecule has 2 aromatic heterocycles. The molecule has 1 fully saturated rings. The van der Waals surface area contributed by atoms with E-state index in [1.165, 1.54) is 14.2 Å². The molecule has 6 atom stereocenters. The summed E-state index contributed by atoms with van der Waals surface area (Å²) in [5, 5.41) is 14.6. The molecule has 16 nitrogen and oxygen atoms in total. The molecule has 0 spiro atoms. The summed E-state index contributed by atoms with van der Waals surface area (Å²) >= 11 is 0. The van der Waals surface area contributed by atoms with Crippen molar-refractivity contribution >= 4 is 31.5 Å². The number of amides is 1. The lowest BCUT2D eigenvalue weighted by Crippen LogP contribution is -2.51. The molecule has 0 radical (unpaired) electrons. The van der Waals surface area contributed by atoms with E-state index in [2.05, 4.69) is 20.3 Å². The van der Waals surface area contributed by atoms with E-state index in [0.29, 0.717) is 28.2 Å². The van der Waals surface area contributed by atoms with Gasteiger partial charge in [-0.25, -0.2) is 9.37 Å². The van der Waals surface area contributed by atoms with Gasteiger partial charge < -0.3 is 38.2 Å². The molecule has 6 N–H and O–H groups in total. The fraction of sp³-hybridized carbons (Fsp3) is 0.333. The summed E-state index contributed by atoms with van der Waals surface area (Å²) in [7, 11) is 1.40. The maximum atomic E-state index is 17.5. The minimum atomic E-state index is -2.75. The SMILES string of the molecule is COc1ccc(C(OC(F)[C@H]2O[C@@H](n3cnc4c(=O)[nH]c(NC(=O)C(C)C)nc43)[C@@](O)(OC)[C@@H]2OP(N)O)(c2ccccc2)c2ccc(OC)cc2)cc1. The van der Waals surface area contributed by atoms with Crippen molar-refractivity contribution < 1.29 is 47.4 Å². The van der Waals surface area contributed by atoms with Crippen LogP contribution in [-0.2, 0) is 29.1 Å². The van der Waals surface area contributed by atoms with Gasteiger partial charge in [0.25, 0.3) is 14.1 Å². The van der Waals surface area contributed by atoms with Crippen LogP contribution in [-0.4, -0.2) is 81.1 Å². The molecule has 286 valence electrons. The summed E-state index contributed by atoms with van der Waals surface area (Å²) in [6.07, 6.45) is -6.78. The summed E-state index contributed by atoms with van der Waals surface area (Å²) in [4.78, 5) is 46.6. The molecule has 3 aromatic carbocycles. The quantitative estimate of drug-likeness (QED) is 0.0618. The lowest BCUT2D eigenvalue weighted by molar-refractivity contribution is -0.259. The van der Waals surface area contributed by atoms with E-state index in [0.717, 1.165) is 18.0 Å².